The quantitative estimate of drug-likeness (QED) is 0.451. The van der Waals surface area contributed by atoms with Gasteiger partial charge in [0.15, 0.2) is 0 Å². The van der Waals surface area contributed by atoms with Gasteiger partial charge in [-0.05, 0) is 84.8 Å². The molecule has 190 valence electrons. The van der Waals surface area contributed by atoms with Crippen LogP contribution in [-0.4, -0.2) is 40.2 Å². The summed E-state index contributed by atoms with van der Waals surface area (Å²) in [7, 11) is 0. The van der Waals surface area contributed by atoms with Crippen LogP contribution in [0.3, 0.4) is 0 Å². The number of hydrogen-bond acceptors (Lipinski definition) is 8. The van der Waals surface area contributed by atoms with E-state index in [1.165, 1.54) is 12.1 Å². The first-order valence-corrected chi connectivity index (χ1v) is 13.2. The third kappa shape index (κ3) is 5.03. The van der Waals surface area contributed by atoms with Crippen molar-refractivity contribution >= 4 is 34.9 Å². The summed E-state index contributed by atoms with van der Waals surface area (Å²) >= 11 is 0.884. The molecule has 2 N–H and O–H groups in total. The highest BCUT2D eigenvalue weighted by Crippen LogP contribution is 2.49. The number of amides is 2. The Kier molecular flexibility index (Phi) is 6.29. The average Bonchev–Trinajstić information content (AvgIpc) is 3.52. The van der Waals surface area contributed by atoms with Gasteiger partial charge in [-0.15, -0.1) is 0 Å². The lowest BCUT2D eigenvalue weighted by Gasteiger charge is -2.52. The number of anilines is 1. The molecule has 2 saturated heterocycles. The van der Waals surface area contributed by atoms with Gasteiger partial charge in [-0.3, -0.25) is 14.9 Å². The van der Waals surface area contributed by atoms with Crippen LogP contribution in [0.2, 0.25) is 0 Å². The van der Waals surface area contributed by atoms with Crippen LogP contribution in [0.5, 0.6) is 0 Å². The summed E-state index contributed by atoms with van der Waals surface area (Å²) in [6, 6.07) is 10.7. The average molecular weight is 520 g/mol. The molecule has 3 aromatic rings. The Morgan fingerprint density at radius 1 is 1.22 bits per heavy atom. The predicted molar refractivity (Wildman–Crippen MR) is 139 cm³/mol. The number of piperidine rings is 1. The third-order valence-corrected chi connectivity index (χ3v) is 8.30. The minimum atomic E-state index is -0.389. The fraction of sp³-hybridized carbons (Fsp3) is 0.333. The first-order valence-electron chi connectivity index (χ1n) is 12.3. The molecule has 2 aliphatic heterocycles. The monoisotopic (exact) mass is 519 g/mol. The fourth-order valence-corrected chi connectivity index (χ4v) is 6.15. The van der Waals surface area contributed by atoms with Gasteiger partial charge in [0.2, 0.25) is 5.95 Å². The molecule has 8 nitrogen and oxygen atoms in total. The predicted octanol–water partition coefficient (Wildman–Crippen LogP) is 4.74. The van der Waals surface area contributed by atoms with Gasteiger partial charge in [0, 0.05) is 37.4 Å². The number of imide groups is 1. The Bertz CT molecular complexity index is 1360. The molecule has 0 radical (unpaired) electrons. The number of thioether (sulfide) groups is 1. The number of rotatable bonds is 6. The number of nitrogens with one attached hydrogen (secondary N) is 2. The van der Waals surface area contributed by atoms with E-state index in [1.807, 2.05) is 18.2 Å². The van der Waals surface area contributed by atoms with Crippen molar-refractivity contribution < 1.29 is 18.4 Å². The lowest BCUT2D eigenvalue weighted by atomic mass is 9.60. The summed E-state index contributed by atoms with van der Waals surface area (Å²) < 4.78 is 19.3. The molecule has 2 amide bonds. The maximum absolute atomic E-state index is 13.8. The zero-order valence-corrected chi connectivity index (χ0v) is 20.9. The molecule has 10 heteroatoms. The molecule has 1 aromatic carbocycles. The van der Waals surface area contributed by atoms with E-state index in [9.17, 15) is 14.0 Å². The van der Waals surface area contributed by atoms with Crippen LogP contribution in [-0.2, 0) is 11.3 Å². The fourth-order valence-electron chi connectivity index (χ4n) is 5.49. The number of furan rings is 1. The van der Waals surface area contributed by atoms with Gasteiger partial charge in [-0.2, -0.15) is 0 Å². The first-order chi connectivity index (χ1) is 18.0. The van der Waals surface area contributed by atoms with E-state index in [4.69, 9.17) is 4.42 Å². The van der Waals surface area contributed by atoms with Crippen molar-refractivity contribution in [3.63, 3.8) is 0 Å². The molecule has 1 aliphatic carbocycles. The van der Waals surface area contributed by atoms with E-state index < -0.39 is 0 Å². The Balaban J connectivity index is 1.03. The van der Waals surface area contributed by atoms with Crippen LogP contribution in [0.4, 0.5) is 15.1 Å². The topological polar surface area (TPSA) is 100 Å². The van der Waals surface area contributed by atoms with Crippen LogP contribution in [0.25, 0.3) is 17.4 Å². The molecule has 0 atom stereocenters. The number of aromatic nitrogens is 2. The highest BCUT2D eigenvalue weighted by molar-refractivity contribution is 8.18. The van der Waals surface area contributed by atoms with Crippen LogP contribution in [0, 0.1) is 11.2 Å². The summed E-state index contributed by atoms with van der Waals surface area (Å²) in [5.74, 6) is 0.665. The molecule has 0 bridgehead atoms. The molecule has 3 aliphatic rings. The van der Waals surface area contributed by atoms with Crippen LogP contribution in [0.1, 0.15) is 36.9 Å². The molecule has 0 unspecified atom stereocenters. The number of carbonyl (C=O) groups excluding carboxylic acids is 2. The van der Waals surface area contributed by atoms with Crippen molar-refractivity contribution in [2.45, 2.75) is 38.3 Å². The molecule has 1 spiro atoms. The number of hydrogen-bond donors (Lipinski definition) is 2. The number of halogens is 1. The van der Waals surface area contributed by atoms with Gasteiger partial charge in [0.05, 0.1) is 16.9 Å². The van der Waals surface area contributed by atoms with Crippen molar-refractivity contribution in [2.75, 3.05) is 18.0 Å². The van der Waals surface area contributed by atoms with Crippen molar-refractivity contribution in [3.05, 3.63) is 70.8 Å². The summed E-state index contributed by atoms with van der Waals surface area (Å²) in [5.41, 5.74) is 2.76. The number of nitrogens with zero attached hydrogens (tertiary/aromatic N) is 3. The van der Waals surface area contributed by atoms with Gasteiger partial charge in [-0.25, -0.2) is 14.4 Å². The molecule has 1 saturated carbocycles. The molecule has 37 heavy (non-hydrogen) atoms. The zero-order chi connectivity index (χ0) is 25.4. The second kappa shape index (κ2) is 9.75. The van der Waals surface area contributed by atoms with Gasteiger partial charge >= 0.3 is 0 Å². The van der Waals surface area contributed by atoms with Crippen LogP contribution < -0.4 is 15.5 Å². The Morgan fingerprint density at radius 3 is 2.78 bits per heavy atom. The zero-order valence-electron chi connectivity index (χ0n) is 20.1. The molecular formula is C27H26FN5O3S. The van der Waals surface area contributed by atoms with Crippen molar-refractivity contribution in [1.29, 1.82) is 0 Å². The maximum Gasteiger partial charge on any atom is 0.290 e. The molecule has 6 rings (SSSR count). The summed E-state index contributed by atoms with van der Waals surface area (Å²) in [6.45, 7) is 2.42. The van der Waals surface area contributed by atoms with Crippen LogP contribution >= 0.6 is 11.8 Å². The summed E-state index contributed by atoms with van der Waals surface area (Å²) in [6.07, 6.45) is 9.29. The minimum absolute atomic E-state index is 0.270. The lowest BCUT2D eigenvalue weighted by Crippen LogP contribution is -2.53. The highest BCUT2D eigenvalue weighted by atomic mass is 32.2. The van der Waals surface area contributed by atoms with E-state index >= 15 is 0 Å². The molecule has 3 fully saturated rings. The van der Waals surface area contributed by atoms with Crippen molar-refractivity contribution in [1.82, 2.24) is 20.6 Å². The second-order valence-corrected chi connectivity index (χ2v) is 10.9. The minimum Gasteiger partial charge on any atom is -0.464 e. The second-order valence-electron chi connectivity index (χ2n) is 9.89. The van der Waals surface area contributed by atoms with E-state index in [1.54, 1.807) is 24.6 Å². The summed E-state index contributed by atoms with van der Waals surface area (Å²) in [4.78, 5) is 34.8. The standard InChI is InChI=1S/C27H26FN5O3S/c28-18-4-3-17(21(12-18)22-2-1-11-36-22)16-30-20-14-27(15-20)6-9-33(10-7-27)25-29-8-5-19(31-25)13-23-24(34)32-26(35)37-23/h1-5,8,11-13,20,30H,6-7,9-10,14-16H2,(H,32,34,35)/b23-13+. The van der Waals surface area contributed by atoms with E-state index in [0.717, 1.165) is 61.7 Å². The highest BCUT2D eigenvalue weighted by Gasteiger charge is 2.45. The SMILES string of the molecule is O=C1NC(=O)/C(=C\c2ccnc(N3CCC4(CC3)CC(NCc3ccc(F)cc3-c3ccco3)C4)n2)S1. The van der Waals surface area contributed by atoms with Crippen LogP contribution in [0.15, 0.2) is 58.2 Å². The van der Waals surface area contributed by atoms with Crippen molar-refractivity contribution in [3.8, 4) is 11.3 Å². The largest absolute Gasteiger partial charge is 0.464 e. The normalized spacial score (nSPS) is 20.5. The molecule has 4 heterocycles. The molecular weight excluding hydrogens is 493 g/mol. The third-order valence-electron chi connectivity index (χ3n) is 7.49. The Hall–Kier alpha value is -3.50. The Labute approximate surface area is 217 Å². The first kappa shape index (κ1) is 23.9. The van der Waals surface area contributed by atoms with Gasteiger partial charge in [0.1, 0.15) is 11.6 Å². The Morgan fingerprint density at radius 2 is 2.05 bits per heavy atom. The van der Waals surface area contributed by atoms with Gasteiger partial charge in [-0.1, -0.05) is 6.07 Å². The van der Waals surface area contributed by atoms with Gasteiger partial charge in [0.25, 0.3) is 11.1 Å². The van der Waals surface area contributed by atoms with E-state index in [0.29, 0.717) is 40.3 Å². The number of carbonyl (C=O) groups is 2. The van der Waals surface area contributed by atoms with E-state index in [-0.39, 0.29) is 17.0 Å². The maximum atomic E-state index is 13.8. The van der Waals surface area contributed by atoms with E-state index in [2.05, 4.69) is 25.5 Å². The lowest BCUT2D eigenvalue weighted by molar-refractivity contribution is -0.115. The van der Waals surface area contributed by atoms with Gasteiger partial charge < -0.3 is 14.6 Å². The smallest absolute Gasteiger partial charge is 0.290 e. The summed E-state index contributed by atoms with van der Waals surface area (Å²) in [5, 5.41) is 5.55. The number of benzene rings is 1. The van der Waals surface area contributed by atoms with Crippen molar-refractivity contribution in [2.24, 2.45) is 5.41 Å². The molecule has 2 aromatic heterocycles.